The fraction of sp³-hybridized carbons (Fsp3) is 0.273. The molecule has 0 radical (unpaired) electrons. The maximum Gasteiger partial charge on any atom is 0.309 e. The van der Waals surface area contributed by atoms with Crippen molar-refractivity contribution in [3.05, 3.63) is 23.9 Å². The van der Waals surface area contributed by atoms with Crippen LogP contribution in [0.1, 0.15) is 18.9 Å². The summed E-state index contributed by atoms with van der Waals surface area (Å²) in [5, 5.41) is 0. The summed E-state index contributed by atoms with van der Waals surface area (Å²) in [6.45, 7) is 2.16. The molecule has 1 rings (SSSR count). The van der Waals surface area contributed by atoms with Gasteiger partial charge in [0.05, 0.1) is 18.7 Å². The number of hydrogen-bond donors (Lipinski definition) is 2. The number of aromatic nitrogens is 1. The number of esters is 1. The zero-order valence-electron chi connectivity index (χ0n) is 9.14. The summed E-state index contributed by atoms with van der Waals surface area (Å²) in [5.41, 5.74) is 12.3. The van der Waals surface area contributed by atoms with Crippen molar-refractivity contribution in [2.45, 2.75) is 13.3 Å². The van der Waals surface area contributed by atoms with Crippen LogP contribution in [0.3, 0.4) is 0 Å². The number of carbonyl (C=O) groups excluding carboxylic acids is 1. The van der Waals surface area contributed by atoms with E-state index in [0.29, 0.717) is 18.1 Å². The van der Waals surface area contributed by atoms with Gasteiger partial charge in [-0.25, -0.2) is 4.98 Å². The fourth-order valence-corrected chi connectivity index (χ4v) is 1.11. The number of carbonyl (C=O) groups is 1. The Morgan fingerprint density at radius 2 is 2.31 bits per heavy atom. The van der Waals surface area contributed by atoms with Gasteiger partial charge in [0.2, 0.25) is 0 Å². The lowest BCUT2D eigenvalue weighted by molar-refractivity contribution is -0.142. The van der Waals surface area contributed by atoms with Crippen molar-refractivity contribution in [1.29, 1.82) is 0 Å². The van der Waals surface area contributed by atoms with E-state index in [2.05, 4.69) is 4.98 Å². The topological polar surface area (TPSA) is 91.2 Å². The van der Waals surface area contributed by atoms with Crippen LogP contribution in [-0.4, -0.2) is 17.6 Å². The number of hydrogen-bond acceptors (Lipinski definition) is 5. The molecule has 0 spiro atoms. The van der Waals surface area contributed by atoms with E-state index in [9.17, 15) is 4.79 Å². The summed E-state index contributed by atoms with van der Waals surface area (Å²) in [6, 6.07) is 1.70. The van der Waals surface area contributed by atoms with Gasteiger partial charge in [-0.2, -0.15) is 0 Å². The molecule has 0 aliphatic carbocycles. The van der Waals surface area contributed by atoms with Crippen LogP contribution >= 0.6 is 0 Å². The van der Waals surface area contributed by atoms with Gasteiger partial charge in [-0.3, -0.25) is 4.79 Å². The second-order valence-electron chi connectivity index (χ2n) is 3.15. The number of pyridine rings is 1. The quantitative estimate of drug-likeness (QED) is 0.746. The smallest absolute Gasteiger partial charge is 0.309 e. The minimum absolute atomic E-state index is 0.234. The van der Waals surface area contributed by atoms with Gasteiger partial charge in [-0.05, 0) is 18.6 Å². The van der Waals surface area contributed by atoms with Crippen molar-refractivity contribution in [3.63, 3.8) is 0 Å². The number of nitrogen functional groups attached to an aromatic ring is 2. The number of ether oxygens (including phenoxy) is 1. The molecule has 0 saturated heterocycles. The molecule has 0 unspecified atom stereocenters. The van der Waals surface area contributed by atoms with E-state index in [1.807, 2.05) is 0 Å². The maximum atomic E-state index is 11.0. The van der Waals surface area contributed by atoms with Crippen LogP contribution in [0, 0.1) is 0 Å². The minimum atomic E-state index is -0.255. The van der Waals surface area contributed by atoms with Crippen LogP contribution in [0.2, 0.25) is 0 Å². The van der Waals surface area contributed by atoms with Crippen LogP contribution in [0.15, 0.2) is 18.3 Å². The first-order valence-electron chi connectivity index (χ1n) is 4.96. The molecule has 86 valence electrons. The summed E-state index contributed by atoms with van der Waals surface area (Å²) < 4.78 is 4.77. The third kappa shape index (κ3) is 3.61. The highest BCUT2D eigenvalue weighted by molar-refractivity contribution is 5.73. The van der Waals surface area contributed by atoms with Crippen molar-refractivity contribution in [1.82, 2.24) is 4.98 Å². The lowest BCUT2D eigenvalue weighted by Gasteiger charge is -2.00. The zero-order valence-corrected chi connectivity index (χ0v) is 9.14. The molecular weight excluding hydrogens is 206 g/mol. The van der Waals surface area contributed by atoms with Crippen molar-refractivity contribution >= 4 is 23.6 Å². The lowest BCUT2D eigenvalue weighted by atomic mass is 10.2. The molecule has 1 aromatic heterocycles. The molecule has 16 heavy (non-hydrogen) atoms. The molecule has 0 aliphatic heterocycles. The molecule has 0 aliphatic rings. The number of anilines is 2. The number of nitrogens with two attached hydrogens (primary N) is 2. The monoisotopic (exact) mass is 221 g/mol. The third-order valence-corrected chi connectivity index (χ3v) is 1.87. The maximum absolute atomic E-state index is 11.0. The molecule has 0 saturated carbocycles. The van der Waals surface area contributed by atoms with Crippen molar-refractivity contribution in [2.75, 3.05) is 18.1 Å². The van der Waals surface area contributed by atoms with Gasteiger partial charge in [0.1, 0.15) is 5.82 Å². The van der Waals surface area contributed by atoms with Crippen LogP contribution in [0.25, 0.3) is 6.08 Å². The number of nitrogens with zero attached hydrogens (tertiary/aromatic N) is 1. The molecule has 5 nitrogen and oxygen atoms in total. The fourth-order valence-electron chi connectivity index (χ4n) is 1.11. The molecular formula is C11H15N3O2. The second-order valence-corrected chi connectivity index (χ2v) is 3.15. The Balaban J connectivity index is 2.56. The highest BCUT2D eigenvalue weighted by Crippen LogP contribution is 2.13. The Kier molecular flexibility index (Phi) is 4.32. The largest absolute Gasteiger partial charge is 0.466 e. The molecule has 1 heterocycles. The van der Waals surface area contributed by atoms with Crippen LogP contribution in [0.4, 0.5) is 11.5 Å². The molecule has 5 heteroatoms. The SMILES string of the molecule is CCOC(=O)CC=Cc1cnc(N)c(N)c1. The summed E-state index contributed by atoms with van der Waals surface area (Å²) in [4.78, 5) is 14.9. The van der Waals surface area contributed by atoms with E-state index in [-0.39, 0.29) is 12.4 Å². The van der Waals surface area contributed by atoms with E-state index in [1.165, 1.54) is 0 Å². The summed E-state index contributed by atoms with van der Waals surface area (Å²) in [5.74, 6) is 0.0534. The Labute approximate surface area is 94.1 Å². The molecule has 0 atom stereocenters. The Morgan fingerprint density at radius 1 is 1.56 bits per heavy atom. The van der Waals surface area contributed by atoms with Crippen molar-refractivity contribution in [2.24, 2.45) is 0 Å². The Bertz CT molecular complexity index is 402. The van der Waals surface area contributed by atoms with Gasteiger partial charge in [-0.15, -0.1) is 0 Å². The van der Waals surface area contributed by atoms with Gasteiger partial charge < -0.3 is 16.2 Å². The average molecular weight is 221 g/mol. The standard InChI is InChI=1S/C11H15N3O2/c1-2-16-10(15)5-3-4-8-6-9(12)11(13)14-7-8/h3-4,6-7H,2,5,12H2,1H3,(H2,13,14). The Hall–Kier alpha value is -2.04. The van der Waals surface area contributed by atoms with Gasteiger partial charge in [0.15, 0.2) is 0 Å². The summed E-state index contributed by atoms with van der Waals surface area (Å²) in [7, 11) is 0. The van der Waals surface area contributed by atoms with Gasteiger partial charge in [0, 0.05) is 6.20 Å². The predicted molar refractivity (Wildman–Crippen MR) is 63.3 cm³/mol. The van der Waals surface area contributed by atoms with Gasteiger partial charge >= 0.3 is 5.97 Å². The van der Waals surface area contributed by atoms with E-state index in [4.69, 9.17) is 16.2 Å². The van der Waals surface area contributed by atoms with Crippen LogP contribution in [-0.2, 0) is 9.53 Å². The number of rotatable bonds is 4. The summed E-state index contributed by atoms with van der Waals surface area (Å²) in [6.07, 6.45) is 5.27. The molecule has 4 N–H and O–H groups in total. The van der Waals surface area contributed by atoms with Gasteiger partial charge in [0.25, 0.3) is 0 Å². The first kappa shape index (κ1) is 12.0. The zero-order chi connectivity index (χ0) is 12.0. The van der Waals surface area contributed by atoms with Gasteiger partial charge in [-0.1, -0.05) is 12.2 Å². The average Bonchev–Trinajstić information content (AvgIpc) is 2.24. The molecule has 1 aromatic rings. The molecule has 0 bridgehead atoms. The van der Waals surface area contributed by atoms with E-state index < -0.39 is 0 Å². The summed E-state index contributed by atoms with van der Waals surface area (Å²) >= 11 is 0. The predicted octanol–water partition coefficient (Wildman–Crippen LogP) is 1.21. The molecule has 0 amide bonds. The second kappa shape index (κ2) is 5.75. The van der Waals surface area contributed by atoms with E-state index >= 15 is 0 Å². The Morgan fingerprint density at radius 3 is 2.94 bits per heavy atom. The van der Waals surface area contributed by atoms with E-state index in [1.54, 1.807) is 31.3 Å². The first-order chi connectivity index (χ1) is 7.63. The molecule has 0 fully saturated rings. The van der Waals surface area contributed by atoms with E-state index in [0.717, 1.165) is 5.56 Å². The highest BCUT2D eigenvalue weighted by Gasteiger charge is 1.98. The van der Waals surface area contributed by atoms with Crippen LogP contribution in [0.5, 0.6) is 0 Å². The molecule has 0 aromatic carbocycles. The first-order valence-corrected chi connectivity index (χ1v) is 4.96. The van der Waals surface area contributed by atoms with Crippen molar-refractivity contribution in [3.8, 4) is 0 Å². The van der Waals surface area contributed by atoms with Crippen molar-refractivity contribution < 1.29 is 9.53 Å². The normalized spacial score (nSPS) is 10.6. The highest BCUT2D eigenvalue weighted by atomic mass is 16.5. The van der Waals surface area contributed by atoms with Crippen LogP contribution < -0.4 is 11.5 Å². The lowest BCUT2D eigenvalue weighted by Crippen LogP contribution is -2.01. The minimum Gasteiger partial charge on any atom is -0.466 e. The third-order valence-electron chi connectivity index (χ3n) is 1.87.